The van der Waals surface area contributed by atoms with Gasteiger partial charge in [-0.05, 0) is 49.8 Å². The van der Waals surface area contributed by atoms with Crippen LogP contribution in [0.1, 0.15) is 24.1 Å². The summed E-state index contributed by atoms with van der Waals surface area (Å²) < 4.78 is 0. The molecule has 1 fully saturated rings. The fourth-order valence-electron chi connectivity index (χ4n) is 4.63. The minimum absolute atomic E-state index is 0.103. The first-order valence-corrected chi connectivity index (χ1v) is 11.5. The largest absolute Gasteiger partial charge is 0.353 e. The van der Waals surface area contributed by atoms with Gasteiger partial charge in [0.15, 0.2) is 0 Å². The highest BCUT2D eigenvalue weighted by molar-refractivity contribution is 5.93. The molecule has 0 atom stereocenters. The van der Waals surface area contributed by atoms with Crippen LogP contribution in [0.2, 0.25) is 0 Å². The number of pyridine rings is 1. The molecule has 1 aliphatic heterocycles. The fraction of sp³-hybridized carbons (Fsp3) is 0.269. The zero-order chi connectivity index (χ0) is 23.5. The average molecular weight is 455 g/mol. The Morgan fingerprint density at radius 2 is 1.82 bits per heavy atom. The van der Waals surface area contributed by atoms with E-state index in [0.717, 1.165) is 48.9 Å². The van der Waals surface area contributed by atoms with Crippen molar-refractivity contribution in [1.82, 2.24) is 15.0 Å². The standard InChI is InChI=1S/C26H26N6O2/c1-18-10-11-21-8-5-9-22(23(21)29-18)30-25-24(32(33)34)26(28-17-27-25)31-14-12-20(13-15-31)16-19-6-3-2-4-7-19/h2-11,17,20H,12-16H2,1H3,(H,27,28,30). The molecule has 0 aliphatic carbocycles. The molecule has 2 aromatic heterocycles. The third kappa shape index (κ3) is 4.52. The Morgan fingerprint density at radius 1 is 1.03 bits per heavy atom. The molecule has 1 aliphatic rings. The summed E-state index contributed by atoms with van der Waals surface area (Å²) in [7, 11) is 0. The second-order valence-corrected chi connectivity index (χ2v) is 8.73. The van der Waals surface area contributed by atoms with Gasteiger partial charge in [-0.15, -0.1) is 0 Å². The maximum atomic E-state index is 12.1. The van der Waals surface area contributed by atoms with Crippen LogP contribution in [0.5, 0.6) is 0 Å². The predicted octanol–water partition coefficient (Wildman–Crippen LogP) is 5.44. The molecule has 0 unspecified atom stereocenters. The van der Waals surface area contributed by atoms with Crippen LogP contribution in [0.4, 0.5) is 23.0 Å². The molecule has 8 heteroatoms. The van der Waals surface area contributed by atoms with Gasteiger partial charge in [-0.3, -0.25) is 15.1 Å². The Balaban J connectivity index is 1.39. The molecule has 5 rings (SSSR count). The summed E-state index contributed by atoms with van der Waals surface area (Å²) in [6.45, 7) is 3.37. The van der Waals surface area contributed by atoms with Crippen molar-refractivity contribution in [2.75, 3.05) is 23.3 Å². The molecule has 0 amide bonds. The highest BCUT2D eigenvalue weighted by Gasteiger charge is 2.30. The molecular formula is C26H26N6O2. The van der Waals surface area contributed by atoms with Crippen LogP contribution >= 0.6 is 0 Å². The van der Waals surface area contributed by atoms with Crippen molar-refractivity contribution >= 4 is 33.9 Å². The van der Waals surface area contributed by atoms with Crippen LogP contribution in [0.3, 0.4) is 0 Å². The highest BCUT2D eigenvalue weighted by Crippen LogP contribution is 2.36. The zero-order valence-corrected chi connectivity index (χ0v) is 19.0. The van der Waals surface area contributed by atoms with Gasteiger partial charge in [-0.25, -0.2) is 9.97 Å². The SMILES string of the molecule is Cc1ccc2cccc(Nc3ncnc(N4CCC(Cc5ccccc5)CC4)c3[N+](=O)[O-])c2n1. The van der Waals surface area contributed by atoms with Crippen LogP contribution < -0.4 is 10.2 Å². The van der Waals surface area contributed by atoms with E-state index in [1.807, 2.05) is 48.2 Å². The van der Waals surface area contributed by atoms with E-state index in [9.17, 15) is 10.1 Å². The normalized spacial score (nSPS) is 14.3. The first-order valence-electron chi connectivity index (χ1n) is 11.5. The molecular weight excluding hydrogens is 428 g/mol. The Bertz CT molecular complexity index is 1320. The average Bonchev–Trinajstić information content (AvgIpc) is 2.85. The number of aromatic nitrogens is 3. The fourth-order valence-corrected chi connectivity index (χ4v) is 4.63. The van der Waals surface area contributed by atoms with E-state index < -0.39 is 4.92 Å². The number of anilines is 3. The van der Waals surface area contributed by atoms with Gasteiger partial charge < -0.3 is 10.2 Å². The predicted molar refractivity (Wildman–Crippen MR) is 134 cm³/mol. The van der Waals surface area contributed by atoms with Crippen LogP contribution in [-0.4, -0.2) is 33.0 Å². The van der Waals surface area contributed by atoms with E-state index in [0.29, 0.717) is 17.4 Å². The molecule has 1 saturated heterocycles. The van der Waals surface area contributed by atoms with Gasteiger partial charge in [0, 0.05) is 24.2 Å². The Kier molecular flexibility index (Phi) is 6.03. The highest BCUT2D eigenvalue weighted by atomic mass is 16.6. The van der Waals surface area contributed by atoms with Crippen molar-refractivity contribution in [3.63, 3.8) is 0 Å². The molecule has 8 nitrogen and oxygen atoms in total. The summed E-state index contributed by atoms with van der Waals surface area (Å²) >= 11 is 0. The van der Waals surface area contributed by atoms with Crippen molar-refractivity contribution < 1.29 is 4.92 Å². The smallest absolute Gasteiger partial charge is 0.351 e. The Labute approximate surface area is 197 Å². The number of nitrogens with zero attached hydrogens (tertiary/aromatic N) is 5. The van der Waals surface area contributed by atoms with Gasteiger partial charge >= 0.3 is 5.69 Å². The van der Waals surface area contributed by atoms with Crippen LogP contribution in [0.25, 0.3) is 10.9 Å². The lowest BCUT2D eigenvalue weighted by Gasteiger charge is -2.32. The molecule has 4 aromatic rings. The number of para-hydroxylation sites is 1. The molecule has 0 spiro atoms. The third-order valence-electron chi connectivity index (χ3n) is 6.38. The number of aryl methyl sites for hydroxylation is 1. The first-order chi connectivity index (χ1) is 16.6. The summed E-state index contributed by atoms with van der Waals surface area (Å²) in [6.07, 6.45) is 4.35. The topological polar surface area (TPSA) is 97.1 Å². The van der Waals surface area contributed by atoms with Gasteiger partial charge in [0.2, 0.25) is 11.6 Å². The monoisotopic (exact) mass is 454 g/mol. The van der Waals surface area contributed by atoms with Gasteiger partial charge in [0.1, 0.15) is 6.33 Å². The van der Waals surface area contributed by atoms with E-state index in [4.69, 9.17) is 0 Å². The second-order valence-electron chi connectivity index (χ2n) is 8.73. The Hall–Kier alpha value is -4.07. The van der Waals surface area contributed by atoms with Crippen LogP contribution in [0.15, 0.2) is 67.0 Å². The summed E-state index contributed by atoms with van der Waals surface area (Å²) in [5.74, 6) is 1.10. The maximum Gasteiger partial charge on any atom is 0.353 e. The summed E-state index contributed by atoms with van der Waals surface area (Å²) in [6, 6.07) is 20.1. The van der Waals surface area contributed by atoms with Crippen LogP contribution in [0, 0.1) is 23.0 Å². The minimum atomic E-state index is -0.391. The van der Waals surface area contributed by atoms with Crippen molar-refractivity contribution in [1.29, 1.82) is 0 Å². The quantitative estimate of drug-likeness (QED) is 0.306. The number of piperidine rings is 1. The molecule has 34 heavy (non-hydrogen) atoms. The number of rotatable bonds is 6. The molecule has 0 radical (unpaired) electrons. The second kappa shape index (κ2) is 9.43. The number of nitrogens with one attached hydrogen (secondary N) is 1. The lowest BCUT2D eigenvalue weighted by molar-refractivity contribution is -0.383. The van der Waals surface area contributed by atoms with Gasteiger partial charge in [-0.1, -0.05) is 48.5 Å². The van der Waals surface area contributed by atoms with E-state index in [-0.39, 0.29) is 11.5 Å². The number of fused-ring (bicyclic) bond motifs is 1. The molecule has 3 heterocycles. The van der Waals surface area contributed by atoms with Gasteiger partial charge in [0.05, 0.1) is 16.1 Å². The number of hydrogen-bond donors (Lipinski definition) is 1. The lowest BCUT2D eigenvalue weighted by atomic mass is 9.90. The van der Waals surface area contributed by atoms with E-state index in [1.165, 1.54) is 11.9 Å². The van der Waals surface area contributed by atoms with Crippen molar-refractivity contribution in [2.45, 2.75) is 26.2 Å². The maximum absolute atomic E-state index is 12.1. The molecule has 1 N–H and O–H groups in total. The molecule has 2 aromatic carbocycles. The van der Waals surface area contributed by atoms with E-state index in [1.54, 1.807) is 0 Å². The third-order valence-corrected chi connectivity index (χ3v) is 6.38. The Morgan fingerprint density at radius 3 is 2.59 bits per heavy atom. The number of benzene rings is 2. The first kappa shape index (κ1) is 21.8. The van der Waals surface area contributed by atoms with E-state index >= 15 is 0 Å². The molecule has 0 saturated carbocycles. The lowest BCUT2D eigenvalue weighted by Crippen LogP contribution is -2.35. The van der Waals surface area contributed by atoms with Crippen molar-refractivity contribution in [3.05, 3.63) is 88.4 Å². The van der Waals surface area contributed by atoms with Gasteiger partial charge in [-0.2, -0.15) is 0 Å². The van der Waals surface area contributed by atoms with Crippen molar-refractivity contribution in [3.8, 4) is 0 Å². The van der Waals surface area contributed by atoms with Gasteiger partial charge in [0.25, 0.3) is 0 Å². The summed E-state index contributed by atoms with van der Waals surface area (Å²) in [5.41, 5.74) is 3.53. The summed E-state index contributed by atoms with van der Waals surface area (Å²) in [4.78, 5) is 26.9. The minimum Gasteiger partial charge on any atom is -0.351 e. The molecule has 0 bridgehead atoms. The molecule has 172 valence electrons. The zero-order valence-electron chi connectivity index (χ0n) is 19.0. The summed E-state index contributed by atoms with van der Waals surface area (Å²) in [5, 5.41) is 16.3. The van der Waals surface area contributed by atoms with E-state index in [2.05, 4.69) is 44.5 Å². The van der Waals surface area contributed by atoms with Crippen LogP contribution in [-0.2, 0) is 6.42 Å². The van der Waals surface area contributed by atoms with Crippen molar-refractivity contribution in [2.24, 2.45) is 5.92 Å². The number of hydrogen-bond acceptors (Lipinski definition) is 7. The number of nitro groups is 1.